The predicted molar refractivity (Wildman–Crippen MR) is 70.2 cm³/mol. The summed E-state index contributed by atoms with van der Waals surface area (Å²) in [7, 11) is 0. The fraction of sp³-hybridized carbons (Fsp3) is 0.500. The number of amides is 1. The highest BCUT2D eigenvalue weighted by Gasteiger charge is 2.28. The summed E-state index contributed by atoms with van der Waals surface area (Å²) < 4.78 is 0. The van der Waals surface area contributed by atoms with Crippen LogP contribution in [-0.2, 0) is 17.8 Å². The van der Waals surface area contributed by atoms with Crippen molar-refractivity contribution in [1.29, 1.82) is 0 Å². The SMILES string of the molecule is O=C(C1Cc2ccccc2CN1)N1CCNCC1. The Morgan fingerprint density at radius 1 is 1.17 bits per heavy atom. The van der Waals surface area contributed by atoms with Crippen molar-refractivity contribution < 1.29 is 4.79 Å². The van der Waals surface area contributed by atoms with Crippen LogP contribution in [0.2, 0.25) is 0 Å². The summed E-state index contributed by atoms with van der Waals surface area (Å²) in [6, 6.07) is 8.33. The molecule has 2 aliphatic heterocycles. The van der Waals surface area contributed by atoms with Gasteiger partial charge in [-0.05, 0) is 17.5 Å². The van der Waals surface area contributed by atoms with E-state index >= 15 is 0 Å². The maximum atomic E-state index is 12.4. The van der Waals surface area contributed by atoms with Gasteiger partial charge in [0.1, 0.15) is 0 Å². The first-order valence-electron chi connectivity index (χ1n) is 6.64. The van der Waals surface area contributed by atoms with Crippen LogP contribution < -0.4 is 10.6 Å². The van der Waals surface area contributed by atoms with Gasteiger partial charge in [0, 0.05) is 32.7 Å². The van der Waals surface area contributed by atoms with E-state index in [1.54, 1.807) is 0 Å². The van der Waals surface area contributed by atoms with E-state index in [-0.39, 0.29) is 11.9 Å². The lowest BCUT2D eigenvalue weighted by Gasteiger charge is -2.33. The van der Waals surface area contributed by atoms with Gasteiger partial charge in [-0.25, -0.2) is 0 Å². The van der Waals surface area contributed by atoms with Crippen LogP contribution in [0.25, 0.3) is 0 Å². The summed E-state index contributed by atoms with van der Waals surface area (Å²) in [5.74, 6) is 0.256. The van der Waals surface area contributed by atoms with Crippen LogP contribution in [-0.4, -0.2) is 43.0 Å². The molecule has 0 bridgehead atoms. The van der Waals surface area contributed by atoms with Gasteiger partial charge in [-0.2, -0.15) is 0 Å². The highest BCUT2D eigenvalue weighted by Crippen LogP contribution is 2.17. The Bertz CT molecular complexity index is 440. The molecule has 0 saturated carbocycles. The first-order chi connectivity index (χ1) is 8.84. The molecule has 0 spiro atoms. The van der Waals surface area contributed by atoms with E-state index in [0.29, 0.717) is 0 Å². The Labute approximate surface area is 107 Å². The molecule has 1 atom stereocenters. The van der Waals surface area contributed by atoms with Crippen LogP contribution in [0.1, 0.15) is 11.1 Å². The minimum absolute atomic E-state index is 0.0435. The van der Waals surface area contributed by atoms with Gasteiger partial charge in [-0.3, -0.25) is 4.79 Å². The lowest BCUT2D eigenvalue weighted by atomic mass is 9.95. The smallest absolute Gasteiger partial charge is 0.240 e. The highest BCUT2D eigenvalue weighted by molar-refractivity contribution is 5.82. The predicted octanol–water partition coefficient (Wildman–Crippen LogP) is 0.133. The average Bonchev–Trinajstić information content (AvgIpc) is 2.47. The van der Waals surface area contributed by atoms with Gasteiger partial charge >= 0.3 is 0 Å². The van der Waals surface area contributed by atoms with Crippen LogP contribution in [0.5, 0.6) is 0 Å². The van der Waals surface area contributed by atoms with Crippen molar-refractivity contribution in [2.75, 3.05) is 26.2 Å². The zero-order chi connectivity index (χ0) is 12.4. The summed E-state index contributed by atoms with van der Waals surface area (Å²) in [4.78, 5) is 14.4. The number of hydrogen-bond donors (Lipinski definition) is 2. The number of fused-ring (bicyclic) bond motifs is 1. The van der Waals surface area contributed by atoms with E-state index in [9.17, 15) is 4.79 Å². The number of carbonyl (C=O) groups is 1. The number of benzene rings is 1. The van der Waals surface area contributed by atoms with E-state index in [0.717, 1.165) is 39.1 Å². The van der Waals surface area contributed by atoms with Crippen LogP contribution in [0, 0.1) is 0 Å². The molecule has 0 radical (unpaired) electrons. The highest BCUT2D eigenvalue weighted by atomic mass is 16.2. The molecule has 3 rings (SSSR count). The van der Waals surface area contributed by atoms with Gasteiger partial charge in [0.05, 0.1) is 6.04 Å². The third-order valence-corrected chi connectivity index (χ3v) is 3.81. The second kappa shape index (κ2) is 5.08. The Hall–Kier alpha value is -1.39. The van der Waals surface area contributed by atoms with Crippen LogP contribution >= 0.6 is 0 Å². The molecule has 1 saturated heterocycles. The van der Waals surface area contributed by atoms with Crippen molar-refractivity contribution in [3.8, 4) is 0 Å². The van der Waals surface area contributed by atoms with Crippen molar-refractivity contribution in [2.45, 2.75) is 19.0 Å². The van der Waals surface area contributed by atoms with Gasteiger partial charge in [-0.1, -0.05) is 24.3 Å². The van der Waals surface area contributed by atoms with Crippen molar-refractivity contribution in [1.82, 2.24) is 15.5 Å². The number of hydrogen-bond acceptors (Lipinski definition) is 3. The molecule has 18 heavy (non-hydrogen) atoms. The monoisotopic (exact) mass is 245 g/mol. The van der Waals surface area contributed by atoms with Crippen LogP contribution in [0.4, 0.5) is 0 Å². The van der Waals surface area contributed by atoms with Crippen LogP contribution in [0.15, 0.2) is 24.3 Å². The Kier molecular flexibility index (Phi) is 3.30. The number of nitrogens with zero attached hydrogens (tertiary/aromatic N) is 1. The van der Waals surface area contributed by atoms with Gasteiger partial charge in [0.15, 0.2) is 0 Å². The van der Waals surface area contributed by atoms with Crippen molar-refractivity contribution >= 4 is 5.91 Å². The normalized spacial score (nSPS) is 23.6. The maximum absolute atomic E-state index is 12.4. The van der Waals surface area contributed by atoms with Crippen molar-refractivity contribution in [2.24, 2.45) is 0 Å². The van der Waals surface area contributed by atoms with Crippen molar-refractivity contribution in [3.05, 3.63) is 35.4 Å². The molecular weight excluding hydrogens is 226 g/mol. The molecule has 96 valence electrons. The van der Waals surface area contributed by atoms with E-state index in [1.165, 1.54) is 11.1 Å². The summed E-state index contributed by atoms with van der Waals surface area (Å²) in [5.41, 5.74) is 2.63. The molecule has 2 heterocycles. The first-order valence-corrected chi connectivity index (χ1v) is 6.64. The molecule has 2 aliphatic rings. The largest absolute Gasteiger partial charge is 0.339 e. The number of piperazine rings is 1. The maximum Gasteiger partial charge on any atom is 0.240 e. The zero-order valence-corrected chi connectivity index (χ0v) is 10.5. The molecule has 1 aromatic carbocycles. The van der Waals surface area contributed by atoms with Gasteiger partial charge < -0.3 is 15.5 Å². The molecule has 0 aliphatic carbocycles. The average molecular weight is 245 g/mol. The Morgan fingerprint density at radius 3 is 2.67 bits per heavy atom. The molecule has 0 aromatic heterocycles. The summed E-state index contributed by atoms with van der Waals surface area (Å²) >= 11 is 0. The molecule has 1 amide bonds. The van der Waals surface area contributed by atoms with Gasteiger partial charge in [0.25, 0.3) is 0 Å². The van der Waals surface area contributed by atoms with Gasteiger partial charge in [-0.15, -0.1) is 0 Å². The van der Waals surface area contributed by atoms with Gasteiger partial charge in [0.2, 0.25) is 5.91 Å². The quantitative estimate of drug-likeness (QED) is 0.739. The lowest BCUT2D eigenvalue weighted by molar-refractivity contribution is -0.134. The summed E-state index contributed by atoms with van der Waals surface area (Å²) in [6.07, 6.45) is 0.818. The molecule has 2 N–H and O–H groups in total. The zero-order valence-electron chi connectivity index (χ0n) is 10.5. The molecule has 4 heteroatoms. The standard InChI is InChI=1S/C14H19N3O/c18-14(17-7-5-15-6-8-17)13-9-11-3-1-2-4-12(11)10-16-13/h1-4,13,15-16H,5-10H2. The number of nitrogens with one attached hydrogen (secondary N) is 2. The lowest BCUT2D eigenvalue weighted by Crippen LogP contribution is -2.54. The van der Waals surface area contributed by atoms with E-state index < -0.39 is 0 Å². The third-order valence-electron chi connectivity index (χ3n) is 3.81. The number of rotatable bonds is 1. The van der Waals surface area contributed by atoms with Crippen molar-refractivity contribution in [3.63, 3.8) is 0 Å². The third kappa shape index (κ3) is 2.26. The molecule has 1 unspecified atom stereocenters. The van der Waals surface area contributed by atoms with E-state index in [4.69, 9.17) is 0 Å². The number of carbonyl (C=O) groups excluding carboxylic acids is 1. The molecular formula is C14H19N3O. The Morgan fingerprint density at radius 2 is 1.89 bits per heavy atom. The Balaban J connectivity index is 1.69. The molecule has 1 fully saturated rings. The van der Waals surface area contributed by atoms with E-state index in [1.807, 2.05) is 4.90 Å². The first kappa shape index (κ1) is 11.7. The minimum Gasteiger partial charge on any atom is -0.339 e. The fourth-order valence-corrected chi connectivity index (χ4v) is 2.73. The van der Waals surface area contributed by atoms with E-state index in [2.05, 4.69) is 34.9 Å². The summed E-state index contributed by atoms with van der Waals surface area (Å²) in [5, 5.41) is 6.63. The molecule has 1 aromatic rings. The van der Waals surface area contributed by atoms with Crippen LogP contribution in [0.3, 0.4) is 0 Å². The summed E-state index contributed by atoms with van der Waals surface area (Å²) in [6.45, 7) is 4.29. The molecule has 4 nitrogen and oxygen atoms in total. The topological polar surface area (TPSA) is 44.4 Å². The second-order valence-electron chi connectivity index (χ2n) is 4.98. The second-order valence-corrected chi connectivity index (χ2v) is 4.98. The minimum atomic E-state index is -0.0435. The fourth-order valence-electron chi connectivity index (χ4n) is 2.73.